The number of pyridine rings is 1. The lowest BCUT2D eigenvalue weighted by Crippen LogP contribution is -2.44. The Kier molecular flexibility index (Phi) is 7.47. The molecule has 0 radical (unpaired) electrons. The van der Waals surface area contributed by atoms with Gasteiger partial charge in [0.1, 0.15) is 21.6 Å². The van der Waals surface area contributed by atoms with Crippen molar-refractivity contribution in [3.8, 4) is 0 Å². The van der Waals surface area contributed by atoms with E-state index in [1.54, 1.807) is 53.7 Å². The molecule has 1 heterocycles. The predicted octanol–water partition coefficient (Wildman–Crippen LogP) is 6.31. The van der Waals surface area contributed by atoms with Crippen LogP contribution < -0.4 is 4.90 Å². The van der Waals surface area contributed by atoms with Crippen LogP contribution in [-0.2, 0) is 9.47 Å². The summed E-state index contributed by atoms with van der Waals surface area (Å²) >= 11 is 10.1. The fraction of sp³-hybridized carbons (Fsp3) is 0.562. The number of imide groups is 1. The van der Waals surface area contributed by atoms with Gasteiger partial charge in [-0.15, -0.1) is 0 Å². The first-order chi connectivity index (χ1) is 11.2. The Morgan fingerprint density at radius 3 is 1.76 bits per heavy atom. The average molecular weight is 545 g/mol. The fourth-order valence-corrected chi connectivity index (χ4v) is 3.50. The van der Waals surface area contributed by atoms with Gasteiger partial charge < -0.3 is 9.47 Å². The van der Waals surface area contributed by atoms with Crippen molar-refractivity contribution in [3.05, 3.63) is 22.3 Å². The highest BCUT2D eigenvalue weighted by molar-refractivity contribution is 9.24. The van der Waals surface area contributed by atoms with Gasteiger partial charge in [0, 0.05) is 5.56 Å². The second-order valence-electron chi connectivity index (χ2n) is 7.15. The van der Waals surface area contributed by atoms with Crippen molar-refractivity contribution < 1.29 is 19.1 Å². The molecule has 0 N–H and O–H groups in total. The number of anilines is 1. The van der Waals surface area contributed by atoms with Gasteiger partial charge in [-0.05, 0) is 63.5 Å². The molecule has 0 spiro atoms. The number of carbonyl (C=O) groups is 2. The van der Waals surface area contributed by atoms with Crippen LogP contribution >= 0.6 is 47.8 Å². The molecule has 0 saturated heterocycles. The van der Waals surface area contributed by atoms with Crippen LogP contribution in [0.25, 0.3) is 0 Å². The molecule has 2 amide bonds. The lowest BCUT2D eigenvalue weighted by atomic mass is 10.2. The van der Waals surface area contributed by atoms with E-state index < -0.39 is 23.4 Å². The SMILES string of the molecule is CC(C)(C)OC(=O)N(C(=O)OC(C)(C)C)c1ccc(C(Br)Br)c(Br)n1. The van der Waals surface area contributed by atoms with Crippen LogP contribution in [0.2, 0.25) is 0 Å². The molecule has 0 aromatic carbocycles. The van der Waals surface area contributed by atoms with Crippen LogP contribution in [0.5, 0.6) is 0 Å². The molecule has 140 valence electrons. The van der Waals surface area contributed by atoms with Gasteiger partial charge in [-0.3, -0.25) is 0 Å². The van der Waals surface area contributed by atoms with E-state index in [-0.39, 0.29) is 9.55 Å². The lowest BCUT2D eigenvalue weighted by Gasteiger charge is -2.28. The van der Waals surface area contributed by atoms with E-state index >= 15 is 0 Å². The normalized spacial score (nSPS) is 12.1. The number of halogens is 3. The monoisotopic (exact) mass is 542 g/mol. The van der Waals surface area contributed by atoms with E-state index in [2.05, 4.69) is 52.8 Å². The number of alkyl halides is 2. The summed E-state index contributed by atoms with van der Waals surface area (Å²) in [5.74, 6) is 0.0970. The smallest absolute Gasteiger partial charge is 0.425 e. The Bertz CT molecular complexity index is 624. The number of aromatic nitrogens is 1. The van der Waals surface area contributed by atoms with Gasteiger partial charge in [0.2, 0.25) is 0 Å². The topological polar surface area (TPSA) is 68.7 Å². The largest absolute Gasteiger partial charge is 0.443 e. The number of ether oxygens (including phenoxy) is 2. The molecular formula is C16H21Br3N2O4. The zero-order valence-electron chi connectivity index (χ0n) is 14.9. The Morgan fingerprint density at radius 1 is 1.00 bits per heavy atom. The van der Waals surface area contributed by atoms with E-state index in [0.717, 1.165) is 10.5 Å². The molecule has 0 bridgehead atoms. The molecule has 0 aliphatic heterocycles. The molecule has 1 aromatic heterocycles. The van der Waals surface area contributed by atoms with E-state index in [9.17, 15) is 9.59 Å². The van der Waals surface area contributed by atoms with Crippen LogP contribution in [0.1, 0.15) is 50.8 Å². The molecule has 0 aliphatic rings. The standard InChI is InChI=1S/C16H21Br3N2O4/c1-15(2,3)24-13(22)21(14(23)25-16(4,5)6)10-8-7-9(11(17)18)12(19)20-10/h7-8,11H,1-6H3. The minimum Gasteiger partial charge on any atom is -0.443 e. The van der Waals surface area contributed by atoms with E-state index in [4.69, 9.17) is 9.47 Å². The van der Waals surface area contributed by atoms with E-state index in [1.165, 1.54) is 0 Å². The Balaban J connectivity index is 3.29. The molecule has 9 heteroatoms. The molecule has 1 rings (SSSR count). The first-order valence-corrected chi connectivity index (χ1v) is 10.0. The molecule has 6 nitrogen and oxygen atoms in total. The Morgan fingerprint density at radius 2 is 1.44 bits per heavy atom. The maximum Gasteiger partial charge on any atom is 0.425 e. The summed E-state index contributed by atoms with van der Waals surface area (Å²) in [6.07, 6.45) is -1.72. The second-order valence-corrected chi connectivity index (χ2v) is 11.0. The maximum atomic E-state index is 12.5. The predicted molar refractivity (Wildman–Crippen MR) is 107 cm³/mol. The number of hydrogen-bond acceptors (Lipinski definition) is 5. The lowest BCUT2D eigenvalue weighted by molar-refractivity contribution is 0.0429. The summed E-state index contributed by atoms with van der Waals surface area (Å²) in [5.41, 5.74) is -0.742. The van der Waals surface area contributed by atoms with Gasteiger partial charge in [0.25, 0.3) is 0 Å². The van der Waals surface area contributed by atoms with Crippen molar-refractivity contribution in [3.63, 3.8) is 0 Å². The molecule has 1 aromatic rings. The summed E-state index contributed by atoms with van der Waals surface area (Å²) in [4.78, 5) is 30.1. The fourth-order valence-electron chi connectivity index (χ4n) is 1.60. The van der Waals surface area contributed by atoms with Gasteiger partial charge in [-0.25, -0.2) is 14.6 Å². The average Bonchev–Trinajstić information content (AvgIpc) is 2.33. The minimum absolute atomic E-state index is 0.0970. The molecule has 0 atom stereocenters. The molecular weight excluding hydrogens is 524 g/mol. The van der Waals surface area contributed by atoms with Crippen molar-refractivity contribution in [2.75, 3.05) is 4.90 Å². The van der Waals surface area contributed by atoms with Crippen molar-refractivity contribution >= 4 is 65.8 Å². The van der Waals surface area contributed by atoms with Crippen molar-refractivity contribution in [1.29, 1.82) is 0 Å². The van der Waals surface area contributed by atoms with Crippen LogP contribution in [0.3, 0.4) is 0 Å². The Labute approximate surface area is 173 Å². The van der Waals surface area contributed by atoms with Crippen LogP contribution in [0.4, 0.5) is 15.4 Å². The molecule has 0 unspecified atom stereocenters. The molecule has 0 saturated carbocycles. The van der Waals surface area contributed by atoms with E-state index in [0.29, 0.717) is 4.60 Å². The third-order valence-corrected chi connectivity index (χ3v) is 4.10. The van der Waals surface area contributed by atoms with Crippen LogP contribution in [-0.4, -0.2) is 28.4 Å². The van der Waals surface area contributed by atoms with Crippen LogP contribution in [0, 0.1) is 0 Å². The van der Waals surface area contributed by atoms with Gasteiger partial charge in [-0.2, -0.15) is 4.90 Å². The number of hydrogen-bond donors (Lipinski definition) is 0. The van der Waals surface area contributed by atoms with Crippen molar-refractivity contribution in [2.45, 2.75) is 56.5 Å². The highest BCUT2D eigenvalue weighted by Gasteiger charge is 2.33. The highest BCUT2D eigenvalue weighted by atomic mass is 79.9. The zero-order chi connectivity index (χ0) is 19.6. The first-order valence-electron chi connectivity index (χ1n) is 7.42. The Hall–Kier alpha value is -0.670. The number of rotatable bonds is 2. The van der Waals surface area contributed by atoms with Crippen LogP contribution in [0.15, 0.2) is 16.7 Å². The quantitative estimate of drug-likeness (QED) is 0.322. The van der Waals surface area contributed by atoms with Gasteiger partial charge in [0.05, 0.1) is 3.74 Å². The highest BCUT2D eigenvalue weighted by Crippen LogP contribution is 2.35. The zero-order valence-corrected chi connectivity index (χ0v) is 19.7. The third-order valence-electron chi connectivity index (χ3n) is 2.48. The second kappa shape index (κ2) is 8.35. The summed E-state index contributed by atoms with van der Waals surface area (Å²) < 4.78 is 11.0. The first kappa shape index (κ1) is 22.4. The number of nitrogens with zero attached hydrogens (tertiary/aromatic N) is 2. The summed E-state index contributed by atoms with van der Waals surface area (Å²) in [6.45, 7) is 10.3. The minimum atomic E-state index is -0.858. The molecule has 0 aliphatic carbocycles. The van der Waals surface area contributed by atoms with Crippen molar-refractivity contribution in [1.82, 2.24) is 4.98 Å². The number of amides is 2. The number of carbonyl (C=O) groups excluding carboxylic acids is 2. The summed E-state index contributed by atoms with van der Waals surface area (Å²) in [7, 11) is 0. The van der Waals surface area contributed by atoms with Gasteiger partial charge in [0.15, 0.2) is 0 Å². The summed E-state index contributed by atoms with van der Waals surface area (Å²) in [6, 6.07) is 3.27. The molecule has 25 heavy (non-hydrogen) atoms. The molecule has 0 fully saturated rings. The van der Waals surface area contributed by atoms with Crippen molar-refractivity contribution in [2.24, 2.45) is 0 Å². The third kappa shape index (κ3) is 7.22. The van der Waals surface area contributed by atoms with E-state index in [1.807, 2.05) is 0 Å². The van der Waals surface area contributed by atoms with Gasteiger partial charge in [-0.1, -0.05) is 37.9 Å². The maximum absolute atomic E-state index is 12.5. The van der Waals surface area contributed by atoms with Gasteiger partial charge >= 0.3 is 12.2 Å². The summed E-state index contributed by atoms with van der Waals surface area (Å²) in [5, 5.41) is 0.